The SMILES string of the molecule is C[C@@H]1COCCN1c1cc(C2(C#N)CC2)c2onc(-c3ccn[nH]3)c2n1. The van der Waals surface area contributed by atoms with E-state index >= 15 is 0 Å². The Kier molecular flexibility index (Phi) is 3.27. The van der Waals surface area contributed by atoms with Gasteiger partial charge in [-0.1, -0.05) is 5.16 Å². The summed E-state index contributed by atoms with van der Waals surface area (Å²) >= 11 is 0. The van der Waals surface area contributed by atoms with E-state index in [1.807, 2.05) is 12.1 Å². The van der Waals surface area contributed by atoms with E-state index in [1.54, 1.807) is 6.20 Å². The summed E-state index contributed by atoms with van der Waals surface area (Å²) in [6.07, 6.45) is 3.34. The molecule has 4 heterocycles. The number of nitrogens with zero attached hydrogens (tertiary/aromatic N) is 5. The van der Waals surface area contributed by atoms with Crippen LogP contribution in [0.3, 0.4) is 0 Å². The number of pyridine rings is 1. The van der Waals surface area contributed by atoms with Crippen LogP contribution in [0.1, 0.15) is 25.3 Å². The Hall–Kier alpha value is -2.92. The van der Waals surface area contributed by atoms with Crippen molar-refractivity contribution >= 4 is 16.9 Å². The average Bonchev–Trinajstić information content (AvgIpc) is 3.06. The molecule has 0 spiro atoms. The smallest absolute Gasteiger partial charge is 0.191 e. The molecule has 8 heteroatoms. The molecule has 26 heavy (non-hydrogen) atoms. The van der Waals surface area contributed by atoms with Gasteiger partial charge in [-0.25, -0.2) is 4.98 Å². The van der Waals surface area contributed by atoms with Crippen LogP contribution in [-0.4, -0.2) is 46.1 Å². The third kappa shape index (κ3) is 2.21. The van der Waals surface area contributed by atoms with Crippen LogP contribution in [0.25, 0.3) is 22.5 Å². The molecule has 1 N–H and O–H groups in total. The summed E-state index contributed by atoms with van der Waals surface area (Å²) in [5.74, 6) is 0.841. The first-order valence-corrected chi connectivity index (χ1v) is 8.78. The van der Waals surface area contributed by atoms with E-state index in [4.69, 9.17) is 14.2 Å². The number of hydrogen-bond acceptors (Lipinski definition) is 7. The number of ether oxygens (including phenoxy) is 1. The molecule has 3 aromatic rings. The lowest BCUT2D eigenvalue weighted by Gasteiger charge is -2.34. The maximum Gasteiger partial charge on any atom is 0.191 e. The molecule has 0 aromatic carbocycles. The molecule has 0 amide bonds. The second kappa shape index (κ2) is 5.54. The van der Waals surface area contributed by atoms with Crippen molar-refractivity contribution in [1.29, 1.82) is 5.26 Å². The predicted octanol–water partition coefficient (Wildman–Crippen LogP) is 2.39. The highest BCUT2D eigenvalue weighted by Crippen LogP contribution is 2.51. The molecule has 0 radical (unpaired) electrons. The Morgan fingerprint density at radius 2 is 2.31 bits per heavy atom. The Labute approximate surface area is 149 Å². The van der Waals surface area contributed by atoms with Crippen molar-refractivity contribution in [2.45, 2.75) is 31.2 Å². The van der Waals surface area contributed by atoms with E-state index in [0.717, 1.165) is 36.5 Å². The van der Waals surface area contributed by atoms with Crippen LogP contribution in [0.4, 0.5) is 5.82 Å². The van der Waals surface area contributed by atoms with Crippen LogP contribution in [0.15, 0.2) is 22.9 Å². The van der Waals surface area contributed by atoms with Gasteiger partial charge in [-0.05, 0) is 31.9 Å². The minimum atomic E-state index is -0.490. The van der Waals surface area contributed by atoms with Gasteiger partial charge in [0.05, 0.1) is 36.4 Å². The van der Waals surface area contributed by atoms with Gasteiger partial charge in [-0.3, -0.25) is 5.10 Å². The molecule has 1 saturated heterocycles. The van der Waals surface area contributed by atoms with E-state index in [-0.39, 0.29) is 6.04 Å². The third-order valence-corrected chi connectivity index (χ3v) is 5.31. The second-order valence-electron chi connectivity index (χ2n) is 7.02. The number of nitriles is 1. The van der Waals surface area contributed by atoms with Gasteiger partial charge in [0.25, 0.3) is 0 Å². The first-order chi connectivity index (χ1) is 12.7. The average molecular weight is 350 g/mol. The summed E-state index contributed by atoms with van der Waals surface area (Å²) in [4.78, 5) is 7.08. The molecule has 1 atom stereocenters. The zero-order valence-electron chi connectivity index (χ0n) is 14.4. The molecule has 2 fully saturated rings. The molecule has 1 aliphatic carbocycles. The summed E-state index contributed by atoms with van der Waals surface area (Å²) in [6, 6.07) is 6.52. The van der Waals surface area contributed by atoms with Gasteiger partial charge in [-0.2, -0.15) is 10.4 Å². The molecule has 1 saturated carbocycles. The van der Waals surface area contributed by atoms with Crippen LogP contribution in [0.2, 0.25) is 0 Å². The van der Waals surface area contributed by atoms with Gasteiger partial charge in [0.2, 0.25) is 0 Å². The zero-order valence-corrected chi connectivity index (χ0v) is 14.4. The quantitative estimate of drug-likeness (QED) is 0.773. The van der Waals surface area contributed by atoms with Crippen LogP contribution < -0.4 is 4.90 Å². The Balaban J connectivity index is 1.73. The molecular weight excluding hydrogens is 332 g/mol. The zero-order chi connectivity index (χ0) is 17.7. The lowest BCUT2D eigenvalue weighted by molar-refractivity contribution is 0.0985. The summed E-state index contributed by atoms with van der Waals surface area (Å²) in [6.45, 7) is 4.21. The van der Waals surface area contributed by atoms with Crippen molar-refractivity contribution in [2.24, 2.45) is 0 Å². The number of hydrogen-bond donors (Lipinski definition) is 1. The minimum Gasteiger partial charge on any atom is -0.377 e. The van der Waals surface area contributed by atoms with Gasteiger partial charge < -0.3 is 14.2 Å². The number of rotatable bonds is 3. The fourth-order valence-electron chi connectivity index (χ4n) is 3.61. The topological polar surface area (TPSA) is 104 Å². The number of aromatic nitrogens is 4. The number of aromatic amines is 1. The molecule has 8 nitrogen and oxygen atoms in total. The minimum absolute atomic E-state index is 0.217. The van der Waals surface area contributed by atoms with Gasteiger partial charge in [0.1, 0.15) is 11.3 Å². The van der Waals surface area contributed by atoms with E-state index < -0.39 is 5.41 Å². The molecular formula is C18H18N6O2. The molecule has 1 aliphatic heterocycles. The standard InChI is InChI=1S/C18H18N6O2/c1-11-9-25-7-6-24(11)14-8-12(18(10-19)3-4-18)17-16(21-14)15(23-26-17)13-2-5-20-22-13/h2,5,8,11H,3-4,6-7,9H2,1H3,(H,20,22)/t11-/m1/s1. The van der Waals surface area contributed by atoms with Crippen LogP contribution in [0, 0.1) is 11.3 Å². The maximum atomic E-state index is 9.73. The summed E-state index contributed by atoms with van der Waals surface area (Å²) in [5.41, 5.74) is 3.03. The van der Waals surface area contributed by atoms with Gasteiger partial charge in [0.15, 0.2) is 11.3 Å². The Morgan fingerprint density at radius 1 is 1.42 bits per heavy atom. The van der Waals surface area contributed by atoms with E-state index in [9.17, 15) is 5.26 Å². The van der Waals surface area contributed by atoms with Crippen molar-refractivity contribution < 1.29 is 9.26 Å². The highest BCUT2D eigenvalue weighted by Gasteiger charge is 2.48. The fraction of sp³-hybridized carbons (Fsp3) is 0.444. The van der Waals surface area contributed by atoms with Crippen molar-refractivity contribution in [2.75, 3.05) is 24.7 Å². The van der Waals surface area contributed by atoms with Crippen molar-refractivity contribution in [1.82, 2.24) is 20.3 Å². The largest absolute Gasteiger partial charge is 0.377 e. The summed E-state index contributed by atoms with van der Waals surface area (Å²) in [5, 5.41) is 20.9. The van der Waals surface area contributed by atoms with Crippen LogP contribution in [0.5, 0.6) is 0 Å². The Morgan fingerprint density at radius 3 is 3.00 bits per heavy atom. The lowest BCUT2D eigenvalue weighted by atomic mass is 9.96. The summed E-state index contributed by atoms with van der Waals surface area (Å²) in [7, 11) is 0. The van der Waals surface area contributed by atoms with Gasteiger partial charge in [0, 0.05) is 18.3 Å². The number of morpholine rings is 1. The van der Waals surface area contributed by atoms with Crippen LogP contribution >= 0.6 is 0 Å². The fourth-order valence-corrected chi connectivity index (χ4v) is 3.61. The van der Waals surface area contributed by atoms with Crippen LogP contribution in [-0.2, 0) is 10.2 Å². The van der Waals surface area contributed by atoms with Crippen molar-refractivity contribution in [3.05, 3.63) is 23.9 Å². The lowest BCUT2D eigenvalue weighted by Crippen LogP contribution is -2.44. The number of fused-ring (bicyclic) bond motifs is 1. The van der Waals surface area contributed by atoms with E-state index in [0.29, 0.717) is 30.0 Å². The molecule has 5 rings (SSSR count). The van der Waals surface area contributed by atoms with E-state index in [2.05, 4.69) is 33.2 Å². The first kappa shape index (κ1) is 15.3. The molecule has 132 valence electrons. The molecule has 0 bridgehead atoms. The number of H-pyrrole nitrogens is 1. The second-order valence-corrected chi connectivity index (χ2v) is 7.02. The monoisotopic (exact) mass is 350 g/mol. The first-order valence-electron chi connectivity index (χ1n) is 8.78. The highest BCUT2D eigenvalue weighted by atomic mass is 16.5. The molecule has 3 aromatic heterocycles. The normalized spacial score (nSPS) is 21.7. The third-order valence-electron chi connectivity index (χ3n) is 5.31. The summed E-state index contributed by atoms with van der Waals surface area (Å²) < 4.78 is 11.2. The predicted molar refractivity (Wildman–Crippen MR) is 93.5 cm³/mol. The van der Waals surface area contributed by atoms with Gasteiger partial charge in [-0.15, -0.1) is 0 Å². The Bertz CT molecular complexity index is 999. The maximum absolute atomic E-state index is 9.73. The molecule has 0 unspecified atom stereocenters. The highest BCUT2D eigenvalue weighted by molar-refractivity contribution is 5.91. The number of nitrogens with one attached hydrogen (secondary N) is 1. The molecule has 2 aliphatic rings. The van der Waals surface area contributed by atoms with Crippen molar-refractivity contribution in [3.63, 3.8) is 0 Å². The van der Waals surface area contributed by atoms with Crippen molar-refractivity contribution in [3.8, 4) is 17.5 Å². The van der Waals surface area contributed by atoms with Gasteiger partial charge >= 0.3 is 0 Å². The number of anilines is 1. The van der Waals surface area contributed by atoms with E-state index in [1.165, 1.54) is 0 Å².